The number of rotatable bonds is 5. The lowest BCUT2D eigenvalue weighted by molar-refractivity contribution is -0.0704. The molecule has 1 N–H and O–H groups in total. The fourth-order valence-electron chi connectivity index (χ4n) is 2.83. The Bertz CT molecular complexity index is 555. The van der Waals surface area contributed by atoms with Gasteiger partial charge in [-0.05, 0) is 38.5 Å². The van der Waals surface area contributed by atoms with Crippen LogP contribution in [0.4, 0.5) is 0 Å². The lowest BCUT2D eigenvalue weighted by Crippen LogP contribution is -2.44. The van der Waals surface area contributed by atoms with Crippen molar-refractivity contribution in [3.8, 4) is 6.07 Å². The number of hydrogen-bond acceptors (Lipinski definition) is 4. The summed E-state index contributed by atoms with van der Waals surface area (Å²) in [6.07, 6.45) is 0.511. The van der Waals surface area contributed by atoms with E-state index in [1.54, 1.807) is 6.92 Å². The molecule has 1 fully saturated rings. The summed E-state index contributed by atoms with van der Waals surface area (Å²) in [5, 5.41) is 11.5. The summed E-state index contributed by atoms with van der Waals surface area (Å²) in [6, 6.07) is 9.77. The van der Waals surface area contributed by atoms with Crippen molar-refractivity contribution in [3.05, 3.63) is 35.4 Å². The molecule has 1 saturated heterocycles. The molecule has 0 saturated carbocycles. The first-order valence-corrected chi connectivity index (χ1v) is 8.12. The second-order valence-electron chi connectivity index (χ2n) is 6.39. The number of nitrogens with one attached hydrogen (secondary N) is 1. The van der Waals surface area contributed by atoms with Gasteiger partial charge in [-0.2, -0.15) is 5.26 Å². The zero-order chi connectivity index (χ0) is 16.8. The Hall–Kier alpha value is -1.90. The molecule has 1 aromatic carbocycles. The molecule has 0 aliphatic carbocycles. The van der Waals surface area contributed by atoms with Crippen molar-refractivity contribution in [2.75, 3.05) is 19.6 Å². The molecule has 5 heteroatoms. The molecule has 124 valence electrons. The van der Waals surface area contributed by atoms with Gasteiger partial charge in [-0.1, -0.05) is 12.1 Å². The number of ether oxygens (including phenoxy) is 1. The number of hydrogen-bond donors (Lipinski definition) is 1. The largest absolute Gasteiger partial charge is 0.373 e. The molecule has 1 aromatic rings. The Morgan fingerprint density at radius 2 is 1.96 bits per heavy atom. The second kappa shape index (κ2) is 8.09. The third kappa shape index (κ3) is 5.34. The average molecular weight is 315 g/mol. The normalized spacial score (nSPS) is 23.0. The Balaban J connectivity index is 1.89. The summed E-state index contributed by atoms with van der Waals surface area (Å²) in [6.45, 7) is 9.08. The smallest absolute Gasteiger partial charge is 0.251 e. The van der Waals surface area contributed by atoms with E-state index >= 15 is 0 Å². The van der Waals surface area contributed by atoms with Crippen LogP contribution in [0.25, 0.3) is 0 Å². The Morgan fingerprint density at radius 1 is 1.35 bits per heavy atom. The number of carbonyl (C=O) groups excluding carboxylic acids is 1. The van der Waals surface area contributed by atoms with Gasteiger partial charge in [-0.15, -0.1) is 0 Å². The highest BCUT2D eigenvalue weighted by atomic mass is 16.5. The maximum absolute atomic E-state index is 12.0. The molecule has 1 heterocycles. The van der Waals surface area contributed by atoms with E-state index in [-0.39, 0.29) is 24.0 Å². The zero-order valence-corrected chi connectivity index (χ0v) is 14.1. The van der Waals surface area contributed by atoms with Crippen LogP contribution in [0, 0.1) is 17.2 Å². The quantitative estimate of drug-likeness (QED) is 0.904. The molecule has 0 spiro atoms. The number of nitriles is 1. The topological polar surface area (TPSA) is 65.4 Å². The molecule has 0 bridgehead atoms. The average Bonchev–Trinajstić information content (AvgIpc) is 2.52. The maximum atomic E-state index is 12.0. The zero-order valence-electron chi connectivity index (χ0n) is 14.1. The van der Waals surface area contributed by atoms with Crippen molar-refractivity contribution in [1.82, 2.24) is 10.2 Å². The third-order valence-corrected chi connectivity index (χ3v) is 3.91. The van der Waals surface area contributed by atoms with Crippen LogP contribution < -0.4 is 5.32 Å². The molecule has 1 amide bonds. The van der Waals surface area contributed by atoms with Gasteiger partial charge in [-0.25, -0.2) is 0 Å². The summed E-state index contributed by atoms with van der Waals surface area (Å²) < 4.78 is 5.74. The molecule has 1 aliphatic heterocycles. The fourth-order valence-corrected chi connectivity index (χ4v) is 2.83. The van der Waals surface area contributed by atoms with Crippen LogP contribution in [-0.2, 0) is 11.3 Å². The lowest BCUT2D eigenvalue weighted by atomic mass is 10.1. The third-order valence-electron chi connectivity index (χ3n) is 3.91. The van der Waals surface area contributed by atoms with E-state index in [0.29, 0.717) is 12.1 Å². The van der Waals surface area contributed by atoms with Gasteiger partial charge < -0.3 is 10.1 Å². The molecule has 1 aliphatic rings. The van der Waals surface area contributed by atoms with E-state index < -0.39 is 0 Å². The monoisotopic (exact) mass is 315 g/mol. The fraction of sp³-hybridized carbons (Fsp3) is 0.556. The van der Waals surface area contributed by atoms with E-state index in [1.807, 2.05) is 24.3 Å². The number of nitrogens with zero attached hydrogens (tertiary/aromatic N) is 2. The van der Waals surface area contributed by atoms with Gasteiger partial charge in [0.2, 0.25) is 0 Å². The Morgan fingerprint density at radius 3 is 2.52 bits per heavy atom. The second-order valence-corrected chi connectivity index (χ2v) is 6.39. The number of benzene rings is 1. The Kier molecular flexibility index (Phi) is 6.14. The van der Waals surface area contributed by atoms with E-state index in [4.69, 9.17) is 10.00 Å². The minimum Gasteiger partial charge on any atom is -0.373 e. The lowest BCUT2D eigenvalue weighted by Gasteiger charge is -2.35. The molecule has 2 rings (SSSR count). The molecule has 0 radical (unpaired) electrons. The maximum Gasteiger partial charge on any atom is 0.251 e. The predicted molar refractivity (Wildman–Crippen MR) is 88.8 cm³/mol. The van der Waals surface area contributed by atoms with Crippen LogP contribution in [-0.4, -0.2) is 42.6 Å². The van der Waals surface area contributed by atoms with Crippen LogP contribution >= 0.6 is 0 Å². The summed E-state index contributed by atoms with van der Waals surface area (Å²) >= 11 is 0. The van der Waals surface area contributed by atoms with Crippen molar-refractivity contribution in [2.45, 2.75) is 39.5 Å². The molecule has 23 heavy (non-hydrogen) atoms. The van der Waals surface area contributed by atoms with Gasteiger partial charge in [0.15, 0.2) is 0 Å². The van der Waals surface area contributed by atoms with E-state index in [1.165, 1.54) is 5.56 Å². The first-order valence-electron chi connectivity index (χ1n) is 8.12. The minimum atomic E-state index is -0.177. The van der Waals surface area contributed by atoms with Gasteiger partial charge in [0, 0.05) is 31.7 Å². The number of amides is 1. The van der Waals surface area contributed by atoms with Crippen molar-refractivity contribution in [2.24, 2.45) is 5.92 Å². The number of carbonyl (C=O) groups is 1. The molecule has 3 atom stereocenters. The van der Waals surface area contributed by atoms with E-state index in [2.05, 4.69) is 30.1 Å². The summed E-state index contributed by atoms with van der Waals surface area (Å²) in [7, 11) is 0. The van der Waals surface area contributed by atoms with Crippen LogP contribution in [0.15, 0.2) is 24.3 Å². The van der Waals surface area contributed by atoms with Gasteiger partial charge in [-0.3, -0.25) is 9.69 Å². The highest BCUT2D eigenvalue weighted by Crippen LogP contribution is 2.14. The minimum absolute atomic E-state index is 0.132. The molecule has 3 unspecified atom stereocenters. The predicted octanol–water partition coefficient (Wildman–Crippen LogP) is 2.19. The summed E-state index contributed by atoms with van der Waals surface area (Å²) in [4.78, 5) is 14.4. The number of morpholine rings is 1. The molecular weight excluding hydrogens is 290 g/mol. The van der Waals surface area contributed by atoms with Crippen LogP contribution in [0.2, 0.25) is 0 Å². The van der Waals surface area contributed by atoms with E-state index in [0.717, 1.165) is 19.6 Å². The van der Waals surface area contributed by atoms with Crippen molar-refractivity contribution >= 4 is 5.91 Å². The van der Waals surface area contributed by atoms with Crippen molar-refractivity contribution < 1.29 is 9.53 Å². The van der Waals surface area contributed by atoms with Crippen LogP contribution in [0.1, 0.15) is 36.7 Å². The standard InChI is InChI=1S/C18H25N3O2/c1-13(8-19)9-20-18(22)17-6-4-16(5-7-17)12-21-10-14(2)23-15(3)11-21/h4-7,13-15H,9-12H2,1-3H3,(H,20,22). The van der Waals surface area contributed by atoms with Crippen molar-refractivity contribution in [3.63, 3.8) is 0 Å². The highest BCUT2D eigenvalue weighted by molar-refractivity contribution is 5.94. The molecule has 5 nitrogen and oxygen atoms in total. The van der Waals surface area contributed by atoms with E-state index in [9.17, 15) is 4.79 Å². The van der Waals surface area contributed by atoms with Gasteiger partial charge >= 0.3 is 0 Å². The van der Waals surface area contributed by atoms with Gasteiger partial charge in [0.05, 0.1) is 24.2 Å². The van der Waals surface area contributed by atoms with Crippen molar-refractivity contribution in [1.29, 1.82) is 5.26 Å². The molecular formula is C18H25N3O2. The van der Waals surface area contributed by atoms with Crippen LogP contribution in [0.3, 0.4) is 0 Å². The molecule has 0 aromatic heterocycles. The summed E-state index contributed by atoms with van der Waals surface area (Å²) in [5.41, 5.74) is 1.82. The van der Waals surface area contributed by atoms with Gasteiger partial charge in [0.25, 0.3) is 5.91 Å². The summed E-state index contributed by atoms with van der Waals surface area (Å²) in [5.74, 6) is -0.309. The first-order chi connectivity index (χ1) is 11.0. The Labute approximate surface area is 138 Å². The van der Waals surface area contributed by atoms with Crippen LogP contribution in [0.5, 0.6) is 0 Å². The van der Waals surface area contributed by atoms with Gasteiger partial charge in [0.1, 0.15) is 0 Å². The highest BCUT2D eigenvalue weighted by Gasteiger charge is 2.22. The first kappa shape index (κ1) is 17.5. The SMILES string of the molecule is CC(C#N)CNC(=O)c1ccc(CN2CC(C)OC(C)C2)cc1.